The van der Waals surface area contributed by atoms with Gasteiger partial charge in [-0.05, 0) is 53.6 Å². The van der Waals surface area contributed by atoms with E-state index in [1.807, 2.05) is 7.05 Å². The normalized spacial score (nSPS) is 11.3. The van der Waals surface area contributed by atoms with Crippen molar-refractivity contribution in [2.45, 2.75) is 13.0 Å². The fourth-order valence-corrected chi connectivity index (χ4v) is 3.97. The molecule has 0 atom stereocenters. The van der Waals surface area contributed by atoms with Crippen molar-refractivity contribution in [1.29, 1.82) is 0 Å². The quantitative estimate of drug-likeness (QED) is 0.728. The van der Waals surface area contributed by atoms with Crippen molar-refractivity contribution in [3.63, 3.8) is 0 Å². The first-order chi connectivity index (χ1) is 9.78. The van der Waals surface area contributed by atoms with Gasteiger partial charge in [0, 0.05) is 31.8 Å². The topological polar surface area (TPSA) is 17.0 Å². The van der Waals surface area contributed by atoms with Crippen LogP contribution in [0.4, 0.5) is 0 Å². The number of hydrogen-bond donors (Lipinski definition) is 1. The average Bonchev–Trinajstić information content (AvgIpc) is 3.02. The van der Waals surface area contributed by atoms with Gasteiger partial charge in [0.25, 0.3) is 0 Å². The molecule has 0 aliphatic heterocycles. The van der Waals surface area contributed by atoms with Gasteiger partial charge in [-0.3, -0.25) is 0 Å². The third kappa shape index (κ3) is 2.82. The van der Waals surface area contributed by atoms with Gasteiger partial charge in [-0.25, -0.2) is 0 Å². The van der Waals surface area contributed by atoms with Gasteiger partial charge in [-0.1, -0.05) is 18.2 Å². The van der Waals surface area contributed by atoms with Crippen LogP contribution in [0.3, 0.4) is 0 Å². The minimum absolute atomic E-state index is 0.941. The molecule has 0 aliphatic carbocycles. The van der Waals surface area contributed by atoms with Crippen molar-refractivity contribution < 1.29 is 0 Å². The molecule has 0 bridgehead atoms. The number of aromatic nitrogens is 1. The van der Waals surface area contributed by atoms with Crippen LogP contribution in [0.2, 0.25) is 0 Å². The van der Waals surface area contributed by atoms with E-state index < -0.39 is 0 Å². The summed E-state index contributed by atoms with van der Waals surface area (Å²) in [6.07, 6.45) is 3.37. The number of likely N-dealkylation sites (N-methyl/N-ethyl adjacent to an activating group) is 1. The molecule has 0 saturated carbocycles. The molecule has 0 aliphatic rings. The lowest BCUT2D eigenvalue weighted by Crippen LogP contribution is -2.10. The summed E-state index contributed by atoms with van der Waals surface area (Å²) >= 11 is 5.33. The molecule has 1 N–H and O–H groups in total. The van der Waals surface area contributed by atoms with Gasteiger partial charge in [0.05, 0.1) is 6.54 Å². The number of nitrogens with zero attached hydrogens (tertiary/aromatic N) is 1. The summed E-state index contributed by atoms with van der Waals surface area (Å²) in [6.45, 7) is 1.95. The molecular formula is C16H17BrN2S. The first-order valence-electron chi connectivity index (χ1n) is 6.72. The molecule has 2 nitrogen and oxygen atoms in total. The van der Waals surface area contributed by atoms with Gasteiger partial charge in [-0.2, -0.15) is 0 Å². The van der Waals surface area contributed by atoms with Gasteiger partial charge in [0.15, 0.2) is 0 Å². The van der Waals surface area contributed by atoms with E-state index in [9.17, 15) is 0 Å². The highest BCUT2D eigenvalue weighted by Crippen LogP contribution is 2.25. The second-order valence-corrected chi connectivity index (χ2v) is 6.80. The van der Waals surface area contributed by atoms with E-state index >= 15 is 0 Å². The molecule has 0 radical (unpaired) electrons. The van der Waals surface area contributed by atoms with Crippen LogP contribution in [-0.2, 0) is 13.0 Å². The lowest BCUT2D eigenvalue weighted by atomic mass is 10.1. The Morgan fingerprint density at radius 3 is 2.90 bits per heavy atom. The van der Waals surface area contributed by atoms with Crippen LogP contribution >= 0.6 is 27.3 Å². The van der Waals surface area contributed by atoms with E-state index in [2.05, 4.69) is 67.7 Å². The van der Waals surface area contributed by atoms with Gasteiger partial charge in [0.2, 0.25) is 0 Å². The highest BCUT2D eigenvalue weighted by Gasteiger charge is 2.08. The van der Waals surface area contributed by atoms with Crippen LogP contribution in [0, 0.1) is 0 Å². The Balaban J connectivity index is 1.97. The predicted molar refractivity (Wildman–Crippen MR) is 90.7 cm³/mol. The van der Waals surface area contributed by atoms with Crippen molar-refractivity contribution >= 4 is 38.2 Å². The van der Waals surface area contributed by atoms with Crippen LogP contribution in [0.15, 0.2) is 46.4 Å². The first-order valence-corrected chi connectivity index (χ1v) is 8.39. The molecule has 0 amide bonds. The lowest BCUT2D eigenvalue weighted by molar-refractivity contribution is 0.785. The Labute approximate surface area is 131 Å². The second kappa shape index (κ2) is 6.12. The van der Waals surface area contributed by atoms with Gasteiger partial charge in [0.1, 0.15) is 0 Å². The molecule has 3 rings (SSSR count). The van der Waals surface area contributed by atoms with Crippen LogP contribution in [0.25, 0.3) is 10.9 Å². The van der Waals surface area contributed by atoms with E-state index in [4.69, 9.17) is 0 Å². The molecule has 0 saturated heterocycles. The molecule has 0 fully saturated rings. The number of rotatable bonds is 5. The van der Waals surface area contributed by atoms with Gasteiger partial charge >= 0.3 is 0 Å². The van der Waals surface area contributed by atoms with Crippen molar-refractivity contribution in [3.8, 4) is 0 Å². The summed E-state index contributed by atoms with van der Waals surface area (Å²) < 4.78 is 3.53. The zero-order valence-corrected chi connectivity index (χ0v) is 13.8. The molecule has 3 aromatic rings. The number of nitrogens with one attached hydrogen (secondary N) is 1. The molecule has 0 unspecified atom stereocenters. The largest absolute Gasteiger partial charge is 0.342 e. The third-order valence-electron chi connectivity index (χ3n) is 3.46. The zero-order chi connectivity index (χ0) is 13.9. The number of halogens is 1. The van der Waals surface area contributed by atoms with Crippen LogP contribution in [-0.4, -0.2) is 18.2 Å². The molecule has 0 spiro atoms. The van der Waals surface area contributed by atoms with E-state index in [1.54, 1.807) is 11.3 Å². The summed E-state index contributed by atoms with van der Waals surface area (Å²) in [5.74, 6) is 0. The monoisotopic (exact) mass is 348 g/mol. The molecular weight excluding hydrogens is 332 g/mol. The maximum atomic E-state index is 3.53. The Morgan fingerprint density at radius 2 is 2.15 bits per heavy atom. The molecule has 104 valence electrons. The smallest absolute Gasteiger partial charge is 0.0569 e. The maximum Gasteiger partial charge on any atom is 0.0569 e. The fraction of sp³-hybridized carbons (Fsp3) is 0.250. The summed E-state index contributed by atoms with van der Waals surface area (Å²) in [6, 6.07) is 10.9. The maximum absolute atomic E-state index is 3.53. The van der Waals surface area contributed by atoms with Crippen LogP contribution in [0.1, 0.15) is 10.4 Å². The molecule has 20 heavy (non-hydrogen) atoms. The molecule has 1 aromatic carbocycles. The van der Waals surface area contributed by atoms with Gasteiger partial charge in [-0.15, -0.1) is 11.3 Å². The van der Waals surface area contributed by atoms with Crippen molar-refractivity contribution in [1.82, 2.24) is 9.88 Å². The SMILES string of the molecule is CNCCc1cn(Cc2cc(Br)cs2)c2ccccc12. The Bertz CT molecular complexity index is 714. The van der Waals surface area contributed by atoms with E-state index in [-0.39, 0.29) is 0 Å². The Kier molecular flexibility index (Phi) is 4.24. The minimum Gasteiger partial charge on any atom is -0.342 e. The van der Waals surface area contributed by atoms with E-state index in [1.165, 1.54) is 25.8 Å². The lowest BCUT2D eigenvalue weighted by Gasteiger charge is -2.02. The van der Waals surface area contributed by atoms with Crippen molar-refractivity contribution in [3.05, 3.63) is 56.8 Å². The zero-order valence-electron chi connectivity index (χ0n) is 11.4. The Hall–Kier alpha value is -1.10. The highest BCUT2D eigenvalue weighted by atomic mass is 79.9. The number of para-hydroxylation sites is 1. The number of benzene rings is 1. The number of thiophene rings is 1. The second-order valence-electron chi connectivity index (χ2n) is 4.88. The Morgan fingerprint density at radius 1 is 1.30 bits per heavy atom. The van der Waals surface area contributed by atoms with Gasteiger partial charge < -0.3 is 9.88 Å². The average molecular weight is 349 g/mol. The van der Waals surface area contributed by atoms with Crippen LogP contribution in [0.5, 0.6) is 0 Å². The highest BCUT2D eigenvalue weighted by molar-refractivity contribution is 9.10. The van der Waals surface area contributed by atoms with E-state index in [0.29, 0.717) is 0 Å². The van der Waals surface area contributed by atoms with Crippen LogP contribution < -0.4 is 5.32 Å². The van der Waals surface area contributed by atoms with Crippen molar-refractivity contribution in [2.24, 2.45) is 0 Å². The van der Waals surface area contributed by atoms with E-state index in [0.717, 1.165) is 19.5 Å². The number of hydrogen-bond acceptors (Lipinski definition) is 2. The standard InChI is InChI=1S/C16H17BrN2S/c1-18-7-6-12-9-19(10-14-8-13(17)11-20-14)16-5-3-2-4-15(12)16/h2-5,8-9,11,18H,6-7,10H2,1H3. The molecule has 2 aromatic heterocycles. The predicted octanol–water partition coefficient (Wildman–Crippen LogP) is 4.28. The molecule has 2 heterocycles. The fourth-order valence-electron chi connectivity index (χ4n) is 2.52. The third-order valence-corrected chi connectivity index (χ3v) is 5.15. The summed E-state index contributed by atoms with van der Waals surface area (Å²) in [7, 11) is 2.00. The molecule has 4 heteroatoms. The first kappa shape index (κ1) is 13.9. The summed E-state index contributed by atoms with van der Waals surface area (Å²) in [4.78, 5) is 1.37. The number of fused-ring (bicyclic) bond motifs is 1. The summed E-state index contributed by atoms with van der Waals surface area (Å²) in [5, 5.41) is 6.75. The van der Waals surface area contributed by atoms with Crippen molar-refractivity contribution in [2.75, 3.05) is 13.6 Å². The summed E-state index contributed by atoms with van der Waals surface area (Å²) in [5.41, 5.74) is 2.74. The minimum atomic E-state index is 0.941.